The van der Waals surface area contributed by atoms with Gasteiger partial charge in [0.25, 0.3) is 7.37 Å². The van der Waals surface area contributed by atoms with Gasteiger partial charge in [-0.3, -0.25) is 4.57 Å². The Morgan fingerprint density at radius 2 is 1.62 bits per heavy atom. The van der Waals surface area contributed by atoms with Crippen molar-refractivity contribution in [1.29, 1.82) is 0 Å². The van der Waals surface area contributed by atoms with Crippen LogP contribution in [0.15, 0.2) is 54.6 Å². The lowest BCUT2D eigenvalue weighted by molar-refractivity contribution is 0.203. The molecule has 0 bridgehead atoms. The van der Waals surface area contributed by atoms with Gasteiger partial charge in [-0.25, -0.2) is 0 Å². The first-order chi connectivity index (χ1) is 11.3. The summed E-state index contributed by atoms with van der Waals surface area (Å²) in [5.41, 5.74) is 1.60. The highest BCUT2D eigenvalue weighted by atomic mass is 31.2. The Hall–Kier alpha value is -1.61. The van der Waals surface area contributed by atoms with Crippen LogP contribution < -0.4 is 10.2 Å². The third kappa shape index (κ3) is 4.27. The van der Waals surface area contributed by atoms with Crippen molar-refractivity contribution in [2.75, 3.05) is 25.6 Å². The largest absolute Gasteiger partial charge is 0.378 e. The molecule has 1 N–H and O–H groups in total. The summed E-state index contributed by atoms with van der Waals surface area (Å²) in [6.07, 6.45) is 0. The molecule has 0 saturated carbocycles. The fourth-order valence-electron chi connectivity index (χ4n) is 2.33. The van der Waals surface area contributed by atoms with Gasteiger partial charge in [0.05, 0.1) is 6.61 Å². The standard InChI is InChI=1S/C19H26NO3P/c1-15(2)14-23-24(22,19(21)16-8-6-5-7-9-16)18-12-10-17(11-13-18)20(3)4/h5-13,15,19,21H,14H2,1-4H3/t19-,24-/m0/s1. The van der Waals surface area contributed by atoms with Crippen molar-refractivity contribution < 1.29 is 14.2 Å². The van der Waals surface area contributed by atoms with Crippen molar-refractivity contribution in [2.24, 2.45) is 5.92 Å². The Labute approximate surface area is 144 Å². The van der Waals surface area contributed by atoms with Gasteiger partial charge in [-0.15, -0.1) is 0 Å². The topological polar surface area (TPSA) is 49.8 Å². The van der Waals surface area contributed by atoms with Crippen molar-refractivity contribution in [3.8, 4) is 0 Å². The maximum Gasteiger partial charge on any atom is 0.264 e. The van der Waals surface area contributed by atoms with Gasteiger partial charge in [0.1, 0.15) is 0 Å². The number of hydrogen-bond acceptors (Lipinski definition) is 4. The molecule has 0 spiro atoms. The average Bonchev–Trinajstić information content (AvgIpc) is 2.59. The third-order valence-electron chi connectivity index (χ3n) is 3.75. The van der Waals surface area contributed by atoms with Gasteiger partial charge in [-0.05, 0) is 35.7 Å². The van der Waals surface area contributed by atoms with Crippen LogP contribution >= 0.6 is 7.37 Å². The summed E-state index contributed by atoms with van der Waals surface area (Å²) in [4.78, 5) is 1.97. The zero-order valence-corrected chi connectivity index (χ0v) is 15.6. The van der Waals surface area contributed by atoms with E-state index in [1.165, 1.54) is 0 Å². The van der Waals surface area contributed by atoms with Crippen LogP contribution in [0.1, 0.15) is 25.3 Å². The summed E-state index contributed by atoms with van der Waals surface area (Å²) >= 11 is 0. The molecule has 0 radical (unpaired) electrons. The van der Waals surface area contributed by atoms with E-state index in [0.717, 1.165) is 5.69 Å². The van der Waals surface area contributed by atoms with Crippen LogP contribution in [0.5, 0.6) is 0 Å². The van der Waals surface area contributed by atoms with E-state index >= 15 is 0 Å². The van der Waals surface area contributed by atoms with Crippen LogP contribution in [0.25, 0.3) is 0 Å². The molecule has 0 aliphatic carbocycles. The fraction of sp³-hybridized carbons (Fsp3) is 0.368. The van der Waals surface area contributed by atoms with Crippen LogP contribution in [-0.4, -0.2) is 25.8 Å². The molecule has 4 nitrogen and oxygen atoms in total. The van der Waals surface area contributed by atoms with Crippen LogP contribution in [0, 0.1) is 5.92 Å². The predicted molar refractivity (Wildman–Crippen MR) is 100 cm³/mol. The molecule has 5 heteroatoms. The third-order valence-corrected chi connectivity index (χ3v) is 6.24. The first-order valence-corrected chi connectivity index (χ1v) is 9.79. The highest BCUT2D eigenvalue weighted by Crippen LogP contribution is 2.57. The van der Waals surface area contributed by atoms with Gasteiger partial charge in [-0.2, -0.15) is 0 Å². The summed E-state index contributed by atoms with van der Waals surface area (Å²) in [6.45, 7) is 4.32. The fourth-order valence-corrected chi connectivity index (χ4v) is 4.55. The quantitative estimate of drug-likeness (QED) is 0.769. The molecule has 2 aromatic carbocycles. The molecule has 0 unspecified atom stereocenters. The Kier molecular flexibility index (Phi) is 6.22. The SMILES string of the molecule is CC(C)CO[P@@](=O)(c1ccc(N(C)C)cc1)[C@H](O)c1ccccc1. The molecule has 0 fully saturated rings. The number of aliphatic hydroxyl groups excluding tert-OH is 1. The second-order valence-corrected chi connectivity index (χ2v) is 8.94. The van der Waals surface area contributed by atoms with E-state index in [-0.39, 0.29) is 5.92 Å². The van der Waals surface area contributed by atoms with E-state index in [4.69, 9.17) is 4.52 Å². The number of nitrogens with zero attached hydrogens (tertiary/aromatic N) is 1. The number of anilines is 1. The van der Waals surface area contributed by atoms with Gasteiger partial charge < -0.3 is 14.5 Å². The minimum absolute atomic E-state index is 0.224. The Morgan fingerprint density at radius 1 is 1.04 bits per heavy atom. The van der Waals surface area contributed by atoms with E-state index in [1.54, 1.807) is 24.3 Å². The molecule has 0 aromatic heterocycles. The number of aliphatic hydroxyl groups is 1. The van der Waals surface area contributed by atoms with Crippen LogP contribution in [0.2, 0.25) is 0 Å². The number of benzene rings is 2. The van der Waals surface area contributed by atoms with Crippen molar-refractivity contribution >= 4 is 18.4 Å². The first-order valence-electron chi connectivity index (χ1n) is 8.10. The summed E-state index contributed by atoms with van der Waals surface area (Å²) in [5.74, 6) is -0.954. The van der Waals surface area contributed by atoms with Crippen molar-refractivity contribution in [2.45, 2.75) is 19.7 Å². The maximum absolute atomic E-state index is 13.6. The van der Waals surface area contributed by atoms with Crippen molar-refractivity contribution in [1.82, 2.24) is 0 Å². The molecule has 2 aromatic rings. The smallest absolute Gasteiger partial charge is 0.264 e. The maximum atomic E-state index is 13.6. The van der Waals surface area contributed by atoms with Gasteiger partial charge in [-0.1, -0.05) is 44.2 Å². The van der Waals surface area contributed by atoms with Crippen molar-refractivity contribution in [3.05, 3.63) is 60.2 Å². The molecule has 0 saturated heterocycles. The molecule has 2 rings (SSSR count). The van der Waals surface area contributed by atoms with E-state index in [9.17, 15) is 9.67 Å². The van der Waals surface area contributed by atoms with Crippen molar-refractivity contribution in [3.63, 3.8) is 0 Å². The van der Waals surface area contributed by atoms with Crippen LogP contribution in [0.3, 0.4) is 0 Å². The Bertz CT molecular complexity index is 684. The van der Waals surface area contributed by atoms with Gasteiger partial charge in [0.2, 0.25) is 0 Å². The van der Waals surface area contributed by atoms with Gasteiger partial charge >= 0.3 is 0 Å². The number of rotatable bonds is 7. The lowest BCUT2D eigenvalue weighted by atomic mass is 10.2. The molecule has 0 amide bonds. The molecular weight excluding hydrogens is 321 g/mol. The van der Waals surface area contributed by atoms with Gasteiger partial charge in [0.15, 0.2) is 5.85 Å². The Morgan fingerprint density at radius 3 is 2.12 bits per heavy atom. The second-order valence-electron chi connectivity index (χ2n) is 6.48. The summed E-state index contributed by atoms with van der Waals surface area (Å²) in [7, 11) is 0.443. The molecule has 24 heavy (non-hydrogen) atoms. The molecule has 0 aliphatic heterocycles. The average molecular weight is 347 g/mol. The lowest BCUT2D eigenvalue weighted by Gasteiger charge is -2.26. The van der Waals surface area contributed by atoms with Crippen LogP contribution in [0.4, 0.5) is 5.69 Å². The van der Waals surface area contributed by atoms with E-state index in [0.29, 0.717) is 17.5 Å². The lowest BCUT2D eigenvalue weighted by Crippen LogP contribution is -2.17. The minimum atomic E-state index is -3.45. The van der Waals surface area contributed by atoms with Gasteiger partial charge in [0, 0.05) is 25.1 Å². The monoisotopic (exact) mass is 347 g/mol. The summed E-state index contributed by atoms with van der Waals surface area (Å²) in [6, 6.07) is 16.4. The highest BCUT2D eigenvalue weighted by Gasteiger charge is 2.36. The zero-order chi connectivity index (χ0) is 17.7. The van der Waals surface area contributed by atoms with Crippen LogP contribution in [-0.2, 0) is 9.09 Å². The number of hydrogen-bond donors (Lipinski definition) is 1. The van der Waals surface area contributed by atoms with E-state index in [2.05, 4.69) is 0 Å². The first kappa shape index (κ1) is 18.7. The second kappa shape index (κ2) is 7.98. The Balaban J connectivity index is 2.41. The minimum Gasteiger partial charge on any atom is -0.378 e. The molecule has 0 aliphatic rings. The predicted octanol–water partition coefficient (Wildman–Crippen LogP) is 4.02. The molecular formula is C19H26NO3P. The van der Waals surface area contributed by atoms with E-state index in [1.807, 2.05) is 63.2 Å². The van der Waals surface area contributed by atoms with E-state index < -0.39 is 13.2 Å². The molecule has 0 heterocycles. The summed E-state index contributed by atoms with van der Waals surface area (Å²) < 4.78 is 19.4. The zero-order valence-electron chi connectivity index (χ0n) is 14.7. The molecule has 2 atom stereocenters. The normalized spacial score (nSPS) is 15.1. The molecule has 130 valence electrons. The highest BCUT2D eigenvalue weighted by molar-refractivity contribution is 7.67. The summed E-state index contributed by atoms with van der Waals surface area (Å²) in [5, 5.41) is 11.3.